The van der Waals surface area contributed by atoms with Crippen LogP contribution in [0, 0.1) is 6.92 Å². The number of ether oxygens (including phenoxy) is 1. The molecule has 5 nitrogen and oxygen atoms in total. The van der Waals surface area contributed by atoms with Gasteiger partial charge in [-0.2, -0.15) is 0 Å². The van der Waals surface area contributed by atoms with Crippen LogP contribution >= 0.6 is 0 Å². The molecule has 1 unspecified atom stereocenters. The number of carbonyl (C=O) groups is 2. The number of hydrogen-bond acceptors (Lipinski definition) is 4. The van der Waals surface area contributed by atoms with Crippen LogP contribution in [-0.4, -0.2) is 23.6 Å². The quantitative estimate of drug-likeness (QED) is 0.832. The van der Waals surface area contributed by atoms with Gasteiger partial charge in [-0.1, -0.05) is 42.0 Å². The molecule has 5 heteroatoms. The van der Waals surface area contributed by atoms with Crippen molar-refractivity contribution >= 4 is 11.9 Å². The van der Waals surface area contributed by atoms with Crippen LogP contribution in [0.25, 0.3) is 0 Å². The van der Waals surface area contributed by atoms with Gasteiger partial charge in [0.15, 0.2) is 6.61 Å². The van der Waals surface area contributed by atoms with E-state index in [1.807, 2.05) is 37.3 Å². The fraction of sp³-hybridized carbons (Fsp3) is 0.222. The van der Waals surface area contributed by atoms with Gasteiger partial charge in [0.05, 0.1) is 6.04 Å². The first-order chi connectivity index (χ1) is 11.0. The molecule has 1 amide bonds. The number of nitrogens with one attached hydrogen (secondary N) is 1. The molecule has 2 N–H and O–H groups in total. The summed E-state index contributed by atoms with van der Waals surface area (Å²) in [4.78, 5) is 23.8. The molecular weight excluding hydrogens is 294 g/mol. The predicted octanol–water partition coefficient (Wildman–Crippen LogP) is 2.73. The third-order valence-corrected chi connectivity index (χ3v) is 3.38. The molecule has 2 aromatic rings. The molecule has 2 rings (SSSR count). The molecule has 0 aliphatic heterocycles. The Labute approximate surface area is 134 Å². The summed E-state index contributed by atoms with van der Waals surface area (Å²) in [7, 11) is 0. The number of benzene rings is 2. The topological polar surface area (TPSA) is 75.6 Å². The van der Waals surface area contributed by atoms with Crippen molar-refractivity contribution in [1.29, 1.82) is 0 Å². The number of rotatable bonds is 5. The van der Waals surface area contributed by atoms with Crippen LogP contribution in [0.3, 0.4) is 0 Å². The Kier molecular flexibility index (Phi) is 5.36. The fourth-order valence-electron chi connectivity index (χ4n) is 2.13. The van der Waals surface area contributed by atoms with Gasteiger partial charge in [0.25, 0.3) is 5.91 Å². The molecule has 0 spiro atoms. The number of aromatic hydroxyl groups is 1. The molecule has 0 saturated carbocycles. The van der Waals surface area contributed by atoms with Gasteiger partial charge in [-0.05, 0) is 31.5 Å². The van der Waals surface area contributed by atoms with E-state index in [1.165, 1.54) is 12.1 Å². The van der Waals surface area contributed by atoms with Crippen LogP contribution in [0.5, 0.6) is 5.75 Å². The van der Waals surface area contributed by atoms with Crippen molar-refractivity contribution < 1.29 is 19.4 Å². The molecule has 2 aromatic carbocycles. The maximum absolute atomic E-state index is 11.9. The molecule has 0 aliphatic carbocycles. The van der Waals surface area contributed by atoms with E-state index in [2.05, 4.69) is 5.32 Å². The molecule has 0 aromatic heterocycles. The zero-order valence-electron chi connectivity index (χ0n) is 13.1. The van der Waals surface area contributed by atoms with Gasteiger partial charge in [-0.3, -0.25) is 4.79 Å². The van der Waals surface area contributed by atoms with Crippen LogP contribution in [0.4, 0.5) is 0 Å². The van der Waals surface area contributed by atoms with Crippen LogP contribution in [0.2, 0.25) is 0 Å². The van der Waals surface area contributed by atoms with E-state index in [0.29, 0.717) is 0 Å². The Morgan fingerprint density at radius 1 is 1.17 bits per heavy atom. The molecular formula is C18H19NO4. The molecule has 0 heterocycles. The van der Waals surface area contributed by atoms with Gasteiger partial charge in [0.1, 0.15) is 11.3 Å². The monoisotopic (exact) mass is 313 g/mol. The number of hydrogen-bond donors (Lipinski definition) is 2. The molecule has 120 valence electrons. The molecule has 23 heavy (non-hydrogen) atoms. The summed E-state index contributed by atoms with van der Waals surface area (Å²) in [5.41, 5.74) is 1.83. The maximum atomic E-state index is 11.9. The molecule has 0 fully saturated rings. The van der Waals surface area contributed by atoms with Crippen molar-refractivity contribution in [3.8, 4) is 5.75 Å². The normalized spacial score (nSPS) is 11.6. The lowest BCUT2D eigenvalue weighted by atomic mass is 10.1. The van der Waals surface area contributed by atoms with Crippen molar-refractivity contribution in [2.75, 3.05) is 6.61 Å². The van der Waals surface area contributed by atoms with Gasteiger partial charge in [-0.25, -0.2) is 4.79 Å². The van der Waals surface area contributed by atoms with Crippen LogP contribution in [0.15, 0.2) is 48.5 Å². The maximum Gasteiger partial charge on any atom is 0.342 e. The summed E-state index contributed by atoms with van der Waals surface area (Å²) in [5.74, 6) is -1.30. The summed E-state index contributed by atoms with van der Waals surface area (Å²) < 4.78 is 4.95. The minimum Gasteiger partial charge on any atom is -0.507 e. The third-order valence-electron chi connectivity index (χ3n) is 3.38. The van der Waals surface area contributed by atoms with Crippen LogP contribution in [-0.2, 0) is 9.53 Å². The Morgan fingerprint density at radius 2 is 1.87 bits per heavy atom. The smallest absolute Gasteiger partial charge is 0.342 e. The van der Waals surface area contributed by atoms with Gasteiger partial charge < -0.3 is 15.2 Å². The summed E-state index contributed by atoms with van der Waals surface area (Å²) in [5, 5.41) is 12.4. The summed E-state index contributed by atoms with van der Waals surface area (Å²) >= 11 is 0. The zero-order chi connectivity index (χ0) is 16.8. The van der Waals surface area contributed by atoms with Crippen LogP contribution < -0.4 is 5.32 Å². The lowest BCUT2D eigenvalue weighted by Gasteiger charge is -2.14. The Bertz CT molecular complexity index is 697. The van der Waals surface area contributed by atoms with Gasteiger partial charge in [0, 0.05) is 0 Å². The summed E-state index contributed by atoms with van der Waals surface area (Å²) in [6.07, 6.45) is 0. The van der Waals surface area contributed by atoms with E-state index in [1.54, 1.807) is 13.0 Å². The molecule has 1 atom stereocenters. The molecule has 0 aliphatic rings. The van der Waals surface area contributed by atoms with E-state index in [-0.39, 0.29) is 17.4 Å². The first-order valence-electron chi connectivity index (χ1n) is 7.28. The minimum atomic E-state index is -0.728. The standard InChI is InChI=1S/C18H19NO4/c1-12-8-9-16(20)15(10-12)18(22)23-11-17(21)19-13(2)14-6-4-3-5-7-14/h3-10,13,20H,11H2,1-2H3,(H,19,21). The molecule has 0 radical (unpaired) electrons. The molecule has 0 saturated heterocycles. The van der Waals surface area contributed by atoms with E-state index in [4.69, 9.17) is 4.74 Å². The summed E-state index contributed by atoms with van der Waals surface area (Å²) in [6, 6.07) is 13.9. The fourth-order valence-corrected chi connectivity index (χ4v) is 2.13. The number of carbonyl (C=O) groups excluding carboxylic acids is 2. The van der Waals surface area contributed by atoms with Crippen LogP contribution in [0.1, 0.15) is 34.5 Å². The van der Waals surface area contributed by atoms with Gasteiger partial charge in [-0.15, -0.1) is 0 Å². The SMILES string of the molecule is Cc1ccc(O)c(C(=O)OCC(=O)NC(C)c2ccccc2)c1. The van der Waals surface area contributed by atoms with E-state index in [9.17, 15) is 14.7 Å². The summed E-state index contributed by atoms with van der Waals surface area (Å²) in [6.45, 7) is 3.25. The van der Waals surface area contributed by atoms with Gasteiger partial charge >= 0.3 is 5.97 Å². The second kappa shape index (κ2) is 7.45. The van der Waals surface area contributed by atoms with Crippen molar-refractivity contribution in [2.24, 2.45) is 0 Å². The van der Waals surface area contributed by atoms with E-state index >= 15 is 0 Å². The highest BCUT2D eigenvalue weighted by molar-refractivity contribution is 5.94. The van der Waals surface area contributed by atoms with E-state index in [0.717, 1.165) is 11.1 Å². The second-order valence-electron chi connectivity index (χ2n) is 5.30. The van der Waals surface area contributed by atoms with E-state index < -0.39 is 18.5 Å². The highest BCUT2D eigenvalue weighted by Crippen LogP contribution is 2.19. The highest BCUT2D eigenvalue weighted by Gasteiger charge is 2.15. The largest absolute Gasteiger partial charge is 0.507 e. The molecule has 0 bridgehead atoms. The number of phenols is 1. The third kappa shape index (κ3) is 4.57. The van der Waals surface area contributed by atoms with Crippen molar-refractivity contribution in [1.82, 2.24) is 5.32 Å². The Balaban J connectivity index is 1.89. The Hall–Kier alpha value is -2.82. The lowest BCUT2D eigenvalue weighted by Crippen LogP contribution is -2.31. The number of esters is 1. The second-order valence-corrected chi connectivity index (χ2v) is 5.30. The predicted molar refractivity (Wildman–Crippen MR) is 86.1 cm³/mol. The van der Waals surface area contributed by atoms with Gasteiger partial charge in [0.2, 0.25) is 0 Å². The number of aryl methyl sites for hydroxylation is 1. The van der Waals surface area contributed by atoms with Crippen molar-refractivity contribution in [3.63, 3.8) is 0 Å². The first kappa shape index (κ1) is 16.5. The minimum absolute atomic E-state index is 0.0499. The average Bonchev–Trinajstić information content (AvgIpc) is 2.55. The number of phenolic OH excluding ortho intramolecular Hbond substituents is 1. The number of amides is 1. The van der Waals surface area contributed by atoms with Crippen molar-refractivity contribution in [3.05, 3.63) is 65.2 Å². The highest BCUT2D eigenvalue weighted by atomic mass is 16.5. The first-order valence-corrected chi connectivity index (χ1v) is 7.28. The Morgan fingerprint density at radius 3 is 2.57 bits per heavy atom. The van der Waals surface area contributed by atoms with Crippen molar-refractivity contribution in [2.45, 2.75) is 19.9 Å². The zero-order valence-corrected chi connectivity index (χ0v) is 13.1. The lowest BCUT2D eigenvalue weighted by molar-refractivity contribution is -0.124. The average molecular weight is 313 g/mol.